The van der Waals surface area contributed by atoms with Crippen molar-refractivity contribution in [3.05, 3.63) is 23.8 Å². The van der Waals surface area contributed by atoms with Crippen LogP contribution in [0.1, 0.15) is 29.6 Å². The lowest BCUT2D eigenvalue weighted by Crippen LogP contribution is -2.33. The van der Waals surface area contributed by atoms with Crippen LogP contribution in [0.25, 0.3) is 0 Å². The van der Waals surface area contributed by atoms with Gasteiger partial charge in [0, 0.05) is 6.54 Å². The van der Waals surface area contributed by atoms with E-state index in [1.165, 1.54) is 12.8 Å². The number of nitrogens with one attached hydrogen (secondary N) is 2. The maximum absolute atomic E-state index is 12.3. The smallest absolute Gasteiger partial charge is 0.255 e. The Hall–Kier alpha value is -1.46. The SMILES string of the molecule is Cl.O=C(NCCC1CCCNC1)c1cccc2c1OCCO2. The van der Waals surface area contributed by atoms with Crippen molar-refractivity contribution in [1.82, 2.24) is 10.6 Å². The molecule has 0 aliphatic carbocycles. The lowest BCUT2D eigenvalue weighted by Gasteiger charge is -2.23. The van der Waals surface area contributed by atoms with Gasteiger partial charge in [0.15, 0.2) is 11.5 Å². The van der Waals surface area contributed by atoms with Gasteiger partial charge in [0.05, 0.1) is 5.56 Å². The van der Waals surface area contributed by atoms with Gasteiger partial charge in [-0.25, -0.2) is 0 Å². The summed E-state index contributed by atoms with van der Waals surface area (Å²) in [4.78, 5) is 12.3. The molecule has 0 spiro atoms. The number of piperidine rings is 1. The van der Waals surface area contributed by atoms with Gasteiger partial charge in [-0.05, 0) is 50.4 Å². The molecule has 2 heterocycles. The van der Waals surface area contributed by atoms with Crippen LogP contribution in [0.2, 0.25) is 0 Å². The van der Waals surface area contributed by atoms with Crippen LogP contribution in [0.3, 0.4) is 0 Å². The zero-order chi connectivity index (χ0) is 14.5. The Labute approximate surface area is 137 Å². The van der Waals surface area contributed by atoms with E-state index in [9.17, 15) is 4.79 Å². The standard InChI is InChI=1S/C16H22N2O3.ClH/c19-16(18-8-6-12-3-2-7-17-11-12)13-4-1-5-14-15(13)21-10-9-20-14;/h1,4-5,12,17H,2-3,6-11H2,(H,18,19);1H. The number of amides is 1. The summed E-state index contributed by atoms with van der Waals surface area (Å²) in [6.07, 6.45) is 3.50. The predicted molar refractivity (Wildman–Crippen MR) is 87.2 cm³/mol. The zero-order valence-electron chi connectivity index (χ0n) is 12.6. The van der Waals surface area contributed by atoms with E-state index in [1.54, 1.807) is 6.07 Å². The number of rotatable bonds is 4. The van der Waals surface area contributed by atoms with E-state index in [0.29, 0.717) is 42.7 Å². The molecule has 3 rings (SSSR count). The topological polar surface area (TPSA) is 59.6 Å². The van der Waals surface area contributed by atoms with Crippen LogP contribution in [0.5, 0.6) is 11.5 Å². The molecule has 1 fully saturated rings. The maximum atomic E-state index is 12.3. The molecule has 2 aliphatic heterocycles. The van der Waals surface area contributed by atoms with E-state index in [1.807, 2.05) is 12.1 Å². The number of hydrogen-bond acceptors (Lipinski definition) is 4. The Morgan fingerprint density at radius 3 is 3.00 bits per heavy atom. The minimum absolute atomic E-state index is 0. The van der Waals surface area contributed by atoms with Gasteiger partial charge >= 0.3 is 0 Å². The van der Waals surface area contributed by atoms with Gasteiger partial charge in [-0.1, -0.05) is 6.07 Å². The van der Waals surface area contributed by atoms with E-state index < -0.39 is 0 Å². The first-order valence-corrected chi connectivity index (χ1v) is 7.72. The Bertz CT molecular complexity index is 504. The van der Waals surface area contributed by atoms with E-state index in [-0.39, 0.29) is 18.3 Å². The molecule has 6 heteroatoms. The molecule has 1 saturated heterocycles. The summed E-state index contributed by atoms with van der Waals surface area (Å²) in [5, 5.41) is 6.39. The third-order valence-electron chi connectivity index (χ3n) is 4.05. The van der Waals surface area contributed by atoms with Crippen LogP contribution < -0.4 is 20.1 Å². The van der Waals surface area contributed by atoms with Crippen molar-refractivity contribution in [2.24, 2.45) is 5.92 Å². The minimum atomic E-state index is -0.0823. The van der Waals surface area contributed by atoms with Crippen molar-refractivity contribution in [3.8, 4) is 11.5 Å². The summed E-state index contributed by atoms with van der Waals surface area (Å²) in [6, 6.07) is 5.44. The summed E-state index contributed by atoms with van der Waals surface area (Å²) >= 11 is 0. The van der Waals surface area contributed by atoms with Crippen molar-refractivity contribution < 1.29 is 14.3 Å². The third kappa shape index (κ3) is 4.05. The van der Waals surface area contributed by atoms with Crippen molar-refractivity contribution in [2.75, 3.05) is 32.8 Å². The molecule has 0 radical (unpaired) electrons. The molecule has 0 aromatic heterocycles. The second-order valence-corrected chi connectivity index (χ2v) is 5.59. The first-order valence-electron chi connectivity index (χ1n) is 7.72. The minimum Gasteiger partial charge on any atom is -0.486 e. The molecule has 1 aromatic carbocycles. The first-order chi connectivity index (χ1) is 10.3. The largest absolute Gasteiger partial charge is 0.486 e. The van der Waals surface area contributed by atoms with Crippen molar-refractivity contribution in [1.29, 1.82) is 0 Å². The lowest BCUT2D eigenvalue weighted by molar-refractivity contribution is 0.0939. The third-order valence-corrected chi connectivity index (χ3v) is 4.05. The van der Waals surface area contributed by atoms with E-state index in [0.717, 1.165) is 19.5 Å². The first kappa shape index (κ1) is 16.9. The fourth-order valence-electron chi connectivity index (χ4n) is 2.91. The van der Waals surface area contributed by atoms with Crippen molar-refractivity contribution in [2.45, 2.75) is 19.3 Å². The lowest BCUT2D eigenvalue weighted by atomic mass is 9.96. The van der Waals surface area contributed by atoms with Gasteiger partial charge in [0.1, 0.15) is 13.2 Å². The van der Waals surface area contributed by atoms with Crippen LogP contribution in [-0.2, 0) is 0 Å². The monoisotopic (exact) mass is 326 g/mol. The average Bonchev–Trinajstić information content (AvgIpc) is 2.55. The molecule has 2 aliphatic rings. The Balaban J connectivity index is 0.00000176. The molecule has 1 aromatic rings. The van der Waals surface area contributed by atoms with Crippen LogP contribution in [0.15, 0.2) is 18.2 Å². The molecule has 22 heavy (non-hydrogen) atoms. The highest BCUT2D eigenvalue weighted by Gasteiger charge is 2.20. The van der Waals surface area contributed by atoms with E-state index in [2.05, 4.69) is 10.6 Å². The maximum Gasteiger partial charge on any atom is 0.255 e. The van der Waals surface area contributed by atoms with Gasteiger partial charge < -0.3 is 20.1 Å². The Morgan fingerprint density at radius 1 is 1.32 bits per heavy atom. The van der Waals surface area contributed by atoms with Crippen LogP contribution in [0.4, 0.5) is 0 Å². The fourth-order valence-corrected chi connectivity index (χ4v) is 2.91. The normalized spacial score (nSPS) is 19.9. The number of carbonyl (C=O) groups is 1. The van der Waals surface area contributed by atoms with Crippen LogP contribution in [-0.4, -0.2) is 38.8 Å². The van der Waals surface area contributed by atoms with Crippen molar-refractivity contribution in [3.63, 3.8) is 0 Å². The molecule has 1 atom stereocenters. The van der Waals surface area contributed by atoms with Crippen LogP contribution >= 0.6 is 12.4 Å². The fraction of sp³-hybridized carbons (Fsp3) is 0.562. The number of carbonyl (C=O) groups excluding carboxylic acids is 1. The summed E-state index contributed by atoms with van der Waals surface area (Å²) in [7, 11) is 0. The summed E-state index contributed by atoms with van der Waals surface area (Å²) < 4.78 is 11.1. The molecule has 5 nitrogen and oxygen atoms in total. The van der Waals surface area contributed by atoms with Gasteiger partial charge in [-0.2, -0.15) is 0 Å². The average molecular weight is 327 g/mol. The Kier molecular flexibility index (Phi) is 6.34. The molecule has 0 bridgehead atoms. The highest BCUT2D eigenvalue weighted by Crippen LogP contribution is 2.33. The second-order valence-electron chi connectivity index (χ2n) is 5.59. The predicted octanol–water partition coefficient (Wildman–Crippen LogP) is 2.00. The number of fused-ring (bicyclic) bond motifs is 1. The van der Waals surface area contributed by atoms with Crippen LogP contribution in [0, 0.1) is 5.92 Å². The van der Waals surface area contributed by atoms with Gasteiger partial charge in [-0.15, -0.1) is 12.4 Å². The number of ether oxygens (including phenoxy) is 2. The van der Waals surface area contributed by atoms with Gasteiger partial charge in [0.25, 0.3) is 5.91 Å². The van der Waals surface area contributed by atoms with E-state index in [4.69, 9.17) is 9.47 Å². The number of para-hydroxylation sites is 1. The summed E-state index contributed by atoms with van der Waals surface area (Å²) in [6.45, 7) is 3.91. The van der Waals surface area contributed by atoms with E-state index >= 15 is 0 Å². The second kappa shape index (κ2) is 8.25. The number of halogens is 1. The molecule has 1 amide bonds. The van der Waals surface area contributed by atoms with Crippen molar-refractivity contribution >= 4 is 18.3 Å². The van der Waals surface area contributed by atoms with Gasteiger partial charge in [-0.3, -0.25) is 4.79 Å². The molecular weight excluding hydrogens is 304 g/mol. The molecule has 122 valence electrons. The summed E-state index contributed by atoms with van der Waals surface area (Å²) in [5.41, 5.74) is 0.564. The molecule has 1 unspecified atom stereocenters. The summed E-state index contributed by atoms with van der Waals surface area (Å²) in [5.74, 6) is 1.82. The highest BCUT2D eigenvalue weighted by molar-refractivity contribution is 5.97. The van der Waals surface area contributed by atoms with Gasteiger partial charge in [0.2, 0.25) is 0 Å². The number of hydrogen-bond donors (Lipinski definition) is 2. The molecular formula is C16H23ClN2O3. The Morgan fingerprint density at radius 2 is 2.18 bits per heavy atom. The zero-order valence-corrected chi connectivity index (χ0v) is 13.4. The highest BCUT2D eigenvalue weighted by atomic mass is 35.5. The number of benzene rings is 1. The quantitative estimate of drug-likeness (QED) is 0.888. The molecule has 2 N–H and O–H groups in total. The molecule has 0 saturated carbocycles.